The van der Waals surface area contributed by atoms with Crippen LogP contribution in [0.25, 0.3) is 0 Å². The van der Waals surface area contributed by atoms with Crippen LogP contribution in [0.15, 0.2) is 36.4 Å². The Bertz CT molecular complexity index is 656. The molecule has 0 saturated heterocycles. The van der Waals surface area contributed by atoms with Gasteiger partial charge in [-0.25, -0.2) is 8.78 Å². The largest absolute Gasteiger partial charge is 0.493 e. The van der Waals surface area contributed by atoms with Gasteiger partial charge in [0, 0.05) is 5.56 Å². The summed E-state index contributed by atoms with van der Waals surface area (Å²) in [5, 5.41) is 0. The van der Waals surface area contributed by atoms with Crippen molar-refractivity contribution in [2.45, 2.75) is 6.61 Å². The molecular weight excluding hydrogens is 296 g/mol. The average molecular weight is 309 g/mol. The molecule has 3 nitrogen and oxygen atoms in total. The van der Waals surface area contributed by atoms with E-state index in [1.54, 1.807) is 18.2 Å². The molecule has 0 heterocycles. The second kappa shape index (κ2) is 6.49. The Kier molecular flexibility index (Phi) is 4.70. The average Bonchev–Trinajstić information content (AvgIpc) is 2.46. The van der Waals surface area contributed by atoms with Crippen molar-refractivity contribution < 1.29 is 18.3 Å². The highest BCUT2D eigenvalue weighted by Crippen LogP contribution is 2.29. The first-order valence-electron chi connectivity index (χ1n) is 6.06. The zero-order chi connectivity index (χ0) is 15.4. The lowest BCUT2D eigenvalue weighted by Gasteiger charge is -2.12. The Balaban J connectivity index is 2.22. The van der Waals surface area contributed by atoms with Gasteiger partial charge in [0.15, 0.2) is 11.5 Å². The molecule has 0 radical (unpaired) electrons. The van der Waals surface area contributed by atoms with E-state index in [0.29, 0.717) is 17.1 Å². The monoisotopic (exact) mass is 309 g/mol. The Morgan fingerprint density at radius 1 is 1.14 bits per heavy atom. The topological polar surface area (TPSA) is 44.5 Å². The van der Waals surface area contributed by atoms with Crippen LogP contribution in [0.5, 0.6) is 11.5 Å². The molecule has 0 amide bonds. The smallest absolute Gasteiger partial charge is 0.161 e. The summed E-state index contributed by atoms with van der Waals surface area (Å²) in [6.45, 7) is -0.249. The van der Waals surface area contributed by atoms with Crippen molar-refractivity contribution in [1.82, 2.24) is 0 Å². The van der Waals surface area contributed by atoms with Gasteiger partial charge in [-0.3, -0.25) is 0 Å². The van der Waals surface area contributed by atoms with Crippen molar-refractivity contribution in [1.29, 1.82) is 0 Å². The molecule has 0 bridgehead atoms. The fourth-order valence-corrected chi connectivity index (χ4v) is 1.89. The van der Waals surface area contributed by atoms with Crippen molar-refractivity contribution in [2.75, 3.05) is 7.11 Å². The standard InChI is InChI=1S/C15H13F2NO2S/c1-19-14-7-9(15(18)21)5-6-13(14)20-8-10-11(16)3-2-4-12(10)17/h2-7H,8H2,1H3,(H2,18,21). The van der Waals surface area contributed by atoms with E-state index in [1.807, 2.05) is 0 Å². The van der Waals surface area contributed by atoms with E-state index in [-0.39, 0.29) is 17.2 Å². The Morgan fingerprint density at radius 2 is 1.81 bits per heavy atom. The van der Waals surface area contributed by atoms with Crippen LogP contribution >= 0.6 is 12.2 Å². The molecule has 6 heteroatoms. The van der Waals surface area contributed by atoms with Crippen LogP contribution in [0.3, 0.4) is 0 Å². The van der Waals surface area contributed by atoms with Crippen molar-refractivity contribution in [3.8, 4) is 11.5 Å². The minimum absolute atomic E-state index is 0.141. The number of ether oxygens (including phenoxy) is 2. The van der Waals surface area contributed by atoms with E-state index in [0.717, 1.165) is 0 Å². The molecule has 0 aliphatic heterocycles. The van der Waals surface area contributed by atoms with Gasteiger partial charge >= 0.3 is 0 Å². The van der Waals surface area contributed by atoms with Gasteiger partial charge in [0.2, 0.25) is 0 Å². The number of benzene rings is 2. The first kappa shape index (κ1) is 15.2. The number of hydrogen-bond acceptors (Lipinski definition) is 3. The van der Waals surface area contributed by atoms with E-state index in [1.165, 1.54) is 25.3 Å². The quantitative estimate of drug-likeness (QED) is 0.862. The van der Waals surface area contributed by atoms with Gasteiger partial charge < -0.3 is 15.2 Å². The van der Waals surface area contributed by atoms with Crippen LogP contribution in [0.2, 0.25) is 0 Å². The number of thiocarbonyl (C=S) groups is 1. The third kappa shape index (κ3) is 3.46. The fraction of sp³-hybridized carbons (Fsp3) is 0.133. The molecule has 0 aliphatic rings. The van der Waals surface area contributed by atoms with Crippen molar-refractivity contribution in [3.05, 3.63) is 59.2 Å². The van der Waals surface area contributed by atoms with Gasteiger partial charge in [-0.15, -0.1) is 0 Å². The van der Waals surface area contributed by atoms with Crippen molar-refractivity contribution in [3.63, 3.8) is 0 Å². The van der Waals surface area contributed by atoms with Crippen molar-refractivity contribution in [2.24, 2.45) is 5.73 Å². The van der Waals surface area contributed by atoms with Crippen molar-refractivity contribution >= 4 is 17.2 Å². The van der Waals surface area contributed by atoms with E-state index in [4.69, 9.17) is 27.4 Å². The predicted octanol–water partition coefficient (Wildman–Crippen LogP) is 3.19. The maximum Gasteiger partial charge on any atom is 0.161 e. The summed E-state index contributed by atoms with van der Waals surface area (Å²) in [4.78, 5) is 0.222. The van der Waals surface area contributed by atoms with Gasteiger partial charge in [-0.2, -0.15) is 0 Å². The lowest BCUT2D eigenvalue weighted by Crippen LogP contribution is -2.10. The molecule has 0 spiro atoms. The summed E-state index contributed by atoms with van der Waals surface area (Å²) in [6.07, 6.45) is 0. The molecule has 0 aliphatic carbocycles. The Morgan fingerprint density at radius 3 is 2.38 bits per heavy atom. The van der Waals surface area contributed by atoms with E-state index in [2.05, 4.69) is 0 Å². The number of methoxy groups -OCH3 is 1. The van der Waals surface area contributed by atoms with Crippen LogP contribution in [0, 0.1) is 11.6 Å². The molecule has 2 aromatic rings. The van der Waals surface area contributed by atoms with E-state index in [9.17, 15) is 8.78 Å². The highest BCUT2D eigenvalue weighted by molar-refractivity contribution is 7.80. The molecule has 2 aromatic carbocycles. The molecule has 110 valence electrons. The second-order valence-electron chi connectivity index (χ2n) is 4.22. The van der Waals surface area contributed by atoms with Crippen LogP contribution in [0.1, 0.15) is 11.1 Å². The molecule has 0 aromatic heterocycles. The third-order valence-corrected chi connectivity index (χ3v) is 3.12. The van der Waals surface area contributed by atoms with Gasteiger partial charge in [0.1, 0.15) is 23.2 Å². The zero-order valence-corrected chi connectivity index (χ0v) is 12.0. The summed E-state index contributed by atoms with van der Waals surface area (Å²) in [6, 6.07) is 8.50. The van der Waals surface area contributed by atoms with Gasteiger partial charge in [0.25, 0.3) is 0 Å². The van der Waals surface area contributed by atoms with Gasteiger partial charge in [-0.05, 0) is 30.3 Å². The van der Waals surface area contributed by atoms with Crippen LogP contribution < -0.4 is 15.2 Å². The van der Waals surface area contributed by atoms with E-state index >= 15 is 0 Å². The number of halogens is 2. The summed E-state index contributed by atoms with van der Waals surface area (Å²) >= 11 is 4.87. The van der Waals surface area contributed by atoms with Crippen LogP contribution in [-0.2, 0) is 6.61 Å². The lowest BCUT2D eigenvalue weighted by molar-refractivity contribution is 0.274. The normalized spacial score (nSPS) is 10.2. The fourth-order valence-electron chi connectivity index (χ4n) is 1.76. The molecule has 0 atom stereocenters. The molecule has 2 rings (SSSR count). The summed E-state index contributed by atoms with van der Waals surface area (Å²) in [7, 11) is 1.45. The highest BCUT2D eigenvalue weighted by atomic mass is 32.1. The third-order valence-electron chi connectivity index (χ3n) is 2.88. The first-order valence-corrected chi connectivity index (χ1v) is 6.47. The van der Waals surface area contributed by atoms with Gasteiger partial charge in [0.05, 0.1) is 12.7 Å². The predicted molar refractivity (Wildman–Crippen MR) is 79.6 cm³/mol. The Labute approximate surface area is 126 Å². The van der Waals surface area contributed by atoms with Crippen LogP contribution in [0.4, 0.5) is 8.78 Å². The second-order valence-corrected chi connectivity index (χ2v) is 4.66. The maximum atomic E-state index is 13.5. The SMILES string of the molecule is COc1cc(C(N)=S)ccc1OCc1c(F)cccc1F. The minimum Gasteiger partial charge on any atom is -0.493 e. The summed E-state index contributed by atoms with van der Waals surface area (Å²) in [5.41, 5.74) is 6.00. The molecule has 21 heavy (non-hydrogen) atoms. The summed E-state index contributed by atoms with van der Waals surface area (Å²) < 4.78 is 37.6. The van der Waals surface area contributed by atoms with Gasteiger partial charge in [-0.1, -0.05) is 18.3 Å². The maximum absolute atomic E-state index is 13.5. The molecule has 0 unspecified atom stereocenters. The molecule has 0 saturated carbocycles. The van der Waals surface area contributed by atoms with Crippen LogP contribution in [-0.4, -0.2) is 12.1 Å². The highest BCUT2D eigenvalue weighted by Gasteiger charge is 2.12. The first-order chi connectivity index (χ1) is 10.0. The molecule has 2 N–H and O–H groups in total. The number of hydrogen-bond donors (Lipinski definition) is 1. The lowest BCUT2D eigenvalue weighted by atomic mass is 10.2. The number of nitrogens with two attached hydrogens (primary N) is 1. The van der Waals surface area contributed by atoms with E-state index < -0.39 is 11.6 Å². The summed E-state index contributed by atoms with van der Waals surface area (Å²) in [5.74, 6) is -0.584. The zero-order valence-electron chi connectivity index (χ0n) is 11.2. The minimum atomic E-state index is -0.659. The number of rotatable bonds is 5. The Hall–Kier alpha value is -2.21. The molecule has 0 fully saturated rings. The molecular formula is C15H13F2NO2S.